The lowest BCUT2D eigenvalue weighted by Crippen LogP contribution is -2.17. The van der Waals surface area contributed by atoms with E-state index in [0.29, 0.717) is 25.1 Å². The summed E-state index contributed by atoms with van der Waals surface area (Å²) >= 11 is 0. The van der Waals surface area contributed by atoms with Gasteiger partial charge in [-0.15, -0.1) is 0 Å². The molecule has 0 aliphatic heterocycles. The highest BCUT2D eigenvalue weighted by Crippen LogP contribution is 2.26. The first kappa shape index (κ1) is 13.9. The molecule has 0 aromatic carbocycles. The standard InChI is InChI=1S/C10H14F3N3O/c1-17-3-2-7(4-14)8-5-15-9(16-6-8)10(11,12)13/h5-7H,2-4,14H2,1H3/t7-/m0/s1. The van der Waals surface area contributed by atoms with Crippen molar-refractivity contribution in [3.05, 3.63) is 23.8 Å². The molecular weight excluding hydrogens is 235 g/mol. The highest BCUT2D eigenvalue weighted by atomic mass is 19.4. The van der Waals surface area contributed by atoms with Crippen LogP contribution in [-0.2, 0) is 10.9 Å². The van der Waals surface area contributed by atoms with Gasteiger partial charge in [0.2, 0.25) is 5.82 Å². The van der Waals surface area contributed by atoms with Crippen LogP contribution in [0.25, 0.3) is 0 Å². The van der Waals surface area contributed by atoms with E-state index in [1.165, 1.54) is 12.4 Å². The Morgan fingerprint density at radius 1 is 1.35 bits per heavy atom. The molecule has 96 valence electrons. The minimum absolute atomic E-state index is 0.0859. The largest absolute Gasteiger partial charge is 0.451 e. The van der Waals surface area contributed by atoms with Gasteiger partial charge in [-0.05, 0) is 18.5 Å². The Labute approximate surface area is 97.0 Å². The molecule has 0 fully saturated rings. The van der Waals surface area contributed by atoms with Gasteiger partial charge in [0.15, 0.2) is 0 Å². The highest BCUT2D eigenvalue weighted by Gasteiger charge is 2.34. The van der Waals surface area contributed by atoms with E-state index >= 15 is 0 Å². The molecule has 1 heterocycles. The first-order chi connectivity index (χ1) is 7.99. The molecular formula is C10H14F3N3O. The monoisotopic (exact) mass is 249 g/mol. The number of rotatable bonds is 5. The molecule has 0 bridgehead atoms. The summed E-state index contributed by atoms with van der Waals surface area (Å²) in [5.41, 5.74) is 6.13. The number of hydrogen-bond acceptors (Lipinski definition) is 4. The second-order valence-corrected chi connectivity index (χ2v) is 3.55. The maximum Gasteiger partial charge on any atom is 0.451 e. The molecule has 2 N–H and O–H groups in total. The first-order valence-electron chi connectivity index (χ1n) is 5.07. The number of hydrogen-bond donors (Lipinski definition) is 1. The van der Waals surface area contributed by atoms with Crippen molar-refractivity contribution in [3.8, 4) is 0 Å². The van der Waals surface area contributed by atoms with E-state index in [0.717, 1.165) is 0 Å². The van der Waals surface area contributed by atoms with Crippen LogP contribution in [0, 0.1) is 0 Å². The molecule has 1 aromatic heterocycles. The number of alkyl halides is 3. The molecule has 1 atom stereocenters. The van der Waals surface area contributed by atoms with Crippen molar-refractivity contribution in [3.63, 3.8) is 0 Å². The summed E-state index contributed by atoms with van der Waals surface area (Å²) in [5, 5.41) is 0. The summed E-state index contributed by atoms with van der Waals surface area (Å²) in [4.78, 5) is 6.59. The molecule has 0 unspecified atom stereocenters. The van der Waals surface area contributed by atoms with Crippen LogP contribution in [0.1, 0.15) is 23.7 Å². The molecule has 7 heteroatoms. The van der Waals surface area contributed by atoms with Crippen molar-refractivity contribution < 1.29 is 17.9 Å². The average molecular weight is 249 g/mol. The van der Waals surface area contributed by atoms with Crippen LogP contribution in [0.15, 0.2) is 12.4 Å². The van der Waals surface area contributed by atoms with Crippen molar-refractivity contribution in [1.82, 2.24) is 9.97 Å². The highest BCUT2D eigenvalue weighted by molar-refractivity contribution is 5.13. The quantitative estimate of drug-likeness (QED) is 0.860. The molecule has 1 aromatic rings. The van der Waals surface area contributed by atoms with Gasteiger partial charge >= 0.3 is 6.18 Å². The van der Waals surface area contributed by atoms with Crippen molar-refractivity contribution in [2.45, 2.75) is 18.5 Å². The third-order valence-electron chi connectivity index (χ3n) is 2.35. The third-order valence-corrected chi connectivity index (χ3v) is 2.35. The molecule has 1 rings (SSSR count). The van der Waals surface area contributed by atoms with Crippen molar-refractivity contribution in [2.24, 2.45) is 5.73 Å². The number of nitrogens with two attached hydrogens (primary N) is 1. The second-order valence-electron chi connectivity index (χ2n) is 3.55. The van der Waals surface area contributed by atoms with Gasteiger partial charge in [0.1, 0.15) is 0 Å². The Balaban J connectivity index is 2.78. The van der Waals surface area contributed by atoms with Gasteiger partial charge in [-0.25, -0.2) is 9.97 Å². The number of halogens is 3. The summed E-state index contributed by atoms with van der Waals surface area (Å²) < 4.78 is 41.6. The third kappa shape index (κ3) is 3.94. The molecule has 0 aliphatic carbocycles. The summed E-state index contributed by atoms with van der Waals surface area (Å²) in [5.74, 6) is -1.22. The average Bonchev–Trinajstić information content (AvgIpc) is 2.29. The van der Waals surface area contributed by atoms with E-state index in [1.807, 2.05) is 0 Å². The second kappa shape index (κ2) is 5.92. The van der Waals surface area contributed by atoms with E-state index in [-0.39, 0.29) is 5.92 Å². The molecule has 0 spiro atoms. The predicted molar refractivity (Wildman–Crippen MR) is 55.3 cm³/mol. The lowest BCUT2D eigenvalue weighted by molar-refractivity contribution is -0.145. The van der Waals surface area contributed by atoms with E-state index in [9.17, 15) is 13.2 Å². The van der Waals surface area contributed by atoms with Crippen LogP contribution < -0.4 is 5.73 Å². The molecule has 0 amide bonds. The van der Waals surface area contributed by atoms with Gasteiger partial charge in [0, 0.05) is 32.0 Å². The Bertz CT molecular complexity index is 340. The summed E-state index contributed by atoms with van der Waals surface area (Å²) in [7, 11) is 1.55. The smallest absolute Gasteiger partial charge is 0.385 e. The molecule has 17 heavy (non-hydrogen) atoms. The molecule has 0 aliphatic rings. The van der Waals surface area contributed by atoms with Crippen molar-refractivity contribution >= 4 is 0 Å². The van der Waals surface area contributed by atoms with E-state index in [4.69, 9.17) is 10.5 Å². The number of nitrogens with zero attached hydrogens (tertiary/aromatic N) is 2. The van der Waals surface area contributed by atoms with Crippen LogP contribution in [0.2, 0.25) is 0 Å². The Hall–Kier alpha value is -1.21. The number of methoxy groups -OCH3 is 1. The topological polar surface area (TPSA) is 61.0 Å². The molecule has 4 nitrogen and oxygen atoms in total. The zero-order valence-corrected chi connectivity index (χ0v) is 9.37. The van der Waals surface area contributed by atoms with Crippen molar-refractivity contribution in [2.75, 3.05) is 20.3 Å². The van der Waals surface area contributed by atoms with Gasteiger partial charge in [-0.1, -0.05) is 0 Å². The van der Waals surface area contributed by atoms with E-state index in [1.54, 1.807) is 7.11 Å². The van der Waals surface area contributed by atoms with Crippen LogP contribution >= 0.6 is 0 Å². The Morgan fingerprint density at radius 3 is 2.35 bits per heavy atom. The van der Waals surface area contributed by atoms with Crippen LogP contribution in [0.3, 0.4) is 0 Å². The lowest BCUT2D eigenvalue weighted by Gasteiger charge is -2.14. The zero-order valence-electron chi connectivity index (χ0n) is 9.37. The fourth-order valence-corrected chi connectivity index (χ4v) is 1.38. The summed E-state index contributed by atoms with van der Waals surface area (Å²) in [6.45, 7) is 0.807. The predicted octanol–water partition coefficient (Wildman–Crippen LogP) is 1.57. The van der Waals surface area contributed by atoms with Gasteiger partial charge in [0.25, 0.3) is 0 Å². The Kier molecular flexibility index (Phi) is 4.83. The van der Waals surface area contributed by atoms with Gasteiger partial charge in [-0.2, -0.15) is 13.2 Å². The minimum atomic E-state index is -4.51. The van der Waals surface area contributed by atoms with Gasteiger partial charge in [0.05, 0.1) is 0 Å². The number of ether oxygens (including phenoxy) is 1. The molecule has 0 saturated heterocycles. The van der Waals surface area contributed by atoms with E-state index < -0.39 is 12.0 Å². The Morgan fingerprint density at radius 2 is 1.94 bits per heavy atom. The summed E-state index contributed by atoms with van der Waals surface area (Å²) in [6.07, 6.45) is -1.54. The normalized spacial score (nSPS) is 13.7. The maximum absolute atomic E-state index is 12.2. The summed E-state index contributed by atoms with van der Waals surface area (Å²) in [6, 6.07) is 0. The molecule has 0 saturated carbocycles. The van der Waals surface area contributed by atoms with Crippen LogP contribution in [0.5, 0.6) is 0 Å². The fourth-order valence-electron chi connectivity index (χ4n) is 1.38. The van der Waals surface area contributed by atoms with Crippen molar-refractivity contribution in [1.29, 1.82) is 0 Å². The maximum atomic E-state index is 12.2. The van der Waals surface area contributed by atoms with Gasteiger partial charge in [-0.3, -0.25) is 0 Å². The molecule has 0 radical (unpaired) electrons. The SMILES string of the molecule is COCC[C@@H](CN)c1cnc(C(F)(F)F)nc1. The van der Waals surface area contributed by atoms with E-state index in [2.05, 4.69) is 9.97 Å². The van der Waals surface area contributed by atoms with Crippen LogP contribution in [0.4, 0.5) is 13.2 Å². The van der Waals surface area contributed by atoms with Gasteiger partial charge < -0.3 is 10.5 Å². The first-order valence-corrected chi connectivity index (χ1v) is 5.07. The number of aromatic nitrogens is 2. The van der Waals surface area contributed by atoms with Crippen LogP contribution in [-0.4, -0.2) is 30.2 Å². The lowest BCUT2D eigenvalue weighted by atomic mass is 9.99. The minimum Gasteiger partial charge on any atom is -0.385 e. The zero-order chi connectivity index (χ0) is 12.9. The fraction of sp³-hybridized carbons (Fsp3) is 0.600.